The first-order valence-corrected chi connectivity index (χ1v) is 4.09. The Morgan fingerprint density at radius 2 is 2.42 bits per heavy atom. The molecule has 0 aromatic carbocycles. The van der Waals surface area contributed by atoms with Gasteiger partial charge in [-0.3, -0.25) is 4.79 Å². The molecule has 2 unspecified atom stereocenters. The summed E-state index contributed by atoms with van der Waals surface area (Å²) in [6, 6.07) is 1.21. The molecule has 0 saturated heterocycles. The minimum absolute atomic E-state index is 0.186. The standard InChI is InChI=1S/C8H14N2O2/c1-3-5(2)8(9)6-4-7(11)10-12-6/h4-5,8H,3,9H2,1-2H3,(H,10,11). The molecule has 12 heavy (non-hydrogen) atoms. The van der Waals surface area contributed by atoms with Crippen LogP contribution >= 0.6 is 0 Å². The van der Waals surface area contributed by atoms with Crippen molar-refractivity contribution >= 4 is 0 Å². The molecule has 0 amide bonds. The number of hydrogen-bond acceptors (Lipinski definition) is 3. The van der Waals surface area contributed by atoms with Gasteiger partial charge in [0, 0.05) is 6.07 Å². The summed E-state index contributed by atoms with van der Waals surface area (Å²) in [6.07, 6.45) is 0.968. The van der Waals surface area contributed by atoms with Crippen molar-refractivity contribution in [2.45, 2.75) is 26.3 Å². The first-order chi connectivity index (χ1) is 5.65. The highest BCUT2D eigenvalue weighted by Crippen LogP contribution is 2.19. The van der Waals surface area contributed by atoms with Gasteiger partial charge < -0.3 is 10.3 Å². The average Bonchev–Trinajstić information content (AvgIpc) is 2.49. The molecule has 1 rings (SSSR count). The molecule has 0 spiro atoms. The second kappa shape index (κ2) is 3.58. The van der Waals surface area contributed by atoms with Crippen molar-refractivity contribution in [1.29, 1.82) is 0 Å². The summed E-state index contributed by atoms with van der Waals surface area (Å²) in [5, 5.41) is 2.22. The van der Waals surface area contributed by atoms with E-state index in [2.05, 4.69) is 12.1 Å². The Balaban J connectivity index is 2.77. The zero-order valence-electron chi connectivity index (χ0n) is 7.33. The number of nitrogens with one attached hydrogen (secondary N) is 1. The molecule has 3 N–H and O–H groups in total. The lowest BCUT2D eigenvalue weighted by Gasteiger charge is -2.14. The van der Waals surface area contributed by atoms with Crippen molar-refractivity contribution in [1.82, 2.24) is 5.16 Å². The number of rotatable bonds is 3. The van der Waals surface area contributed by atoms with E-state index in [1.54, 1.807) is 0 Å². The van der Waals surface area contributed by atoms with Gasteiger partial charge in [0.1, 0.15) is 0 Å². The summed E-state index contributed by atoms with van der Waals surface area (Å²) in [7, 11) is 0. The Bertz CT molecular complexity index is 289. The van der Waals surface area contributed by atoms with Gasteiger partial charge in [0.05, 0.1) is 6.04 Å². The molecule has 0 fully saturated rings. The van der Waals surface area contributed by atoms with E-state index in [1.165, 1.54) is 6.07 Å². The van der Waals surface area contributed by atoms with Crippen LogP contribution in [0.1, 0.15) is 32.1 Å². The van der Waals surface area contributed by atoms with Crippen molar-refractivity contribution in [2.75, 3.05) is 0 Å². The predicted molar refractivity (Wildman–Crippen MR) is 45.7 cm³/mol. The normalized spacial score (nSPS) is 15.9. The van der Waals surface area contributed by atoms with Crippen molar-refractivity contribution < 1.29 is 4.52 Å². The summed E-state index contributed by atoms with van der Waals surface area (Å²) >= 11 is 0. The molecule has 1 aromatic rings. The molecule has 0 radical (unpaired) electrons. The lowest BCUT2D eigenvalue weighted by Crippen LogP contribution is -2.17. The van der Waals surface area contributed by atoms with Gasteiger partial charge in [-0.25, -0.2) is 0 Å². The average molecular weight is 170 g/mol. The summed E-state index contributed by atoms with van der Waals surface area (Å²) in [5.41, 5.74) is 5.58. The highest BCUT2D eigenvalue weighted by atomic mass is 16.5. The summed E-state index contributed by atoms with van der Waals surface area (Å²) < 4.78 is 4.89. The molecule has 0 aliphatic carbocycles. The highest BCUT2D eigenvalue weighted by Gasteiger charge is 2.16. The van der Waals surface area contributed by atoms with Crippen molar-refractivity contribution in [3.8, 4) is 0 Å². The van der Waals surface area contributed by atoms with Gasteiger partial charge in [-0.15, -0.1) is 0 Å². The number of H-pyrrole nitrogens is 1. The van der Waals surface area contributed by atoms with E-state index in [9.17, 15) is 4.79 Å². The van der Waals surface area contributed by atoms with Crippen LogP contribution in [-0.4, -0.2) is 5.16 Å². The Morgan fingerprint density at radius 3 is 2.83 bits per heavy atom. The molecule has 1 heterocycles. The second-order valence-electron chi connectivity index (χ2n) is 3.03. The molecule has 4 heteroatoms. The van der Waals surface area contributed by atoms with E-state index in [1.807, 2.05) is 6.92 Å². The number of aromatic amines is 1. The number of nitrogens with two attached hydrogens (primary N) is 1. The van der Waals surface area contributed by atoms with Gasteiger partial charge in [-0.1, -0.05) is 20.3 Å². The minimum atomic E-state index is -0.233. The first kappa shape index (κ1) is 9.06. The van der Waals surface area contributed by atoms with E-state index in [0.717, 1.165) is 6.42 Å². The Hall–Kier alpha value is -1.03. The smallest absolute Gasteiger partial charge is 0.280 e. The second-order valence-corrected chi connectivity index (χ2v) is 3.03. The van der Waals surface area contributed by atoms with Gasteiger partial charge in [0.15, 0.2) is 5.76 Å². The number of hydrogen-bond donors (Lipinski definition) is 2. The van der Waals surface area contributed by atoms with E-state index in [-0.39, 0.29) is 11.6 Å². The molecule has 0 aliphatic rings. The van der Waals surface area contributed by atoms with Gasteiger partial charge >= 0.3 is 0 Å². The molecular formula is C8H14N2O2. The third-order valence-corrected chi connectivity index (χ3v) is 2.13. The first-order valence-electron chi connectivity index (χ1n) is 4.09. The zero-order chi connectivity index (χ0) is 9.14. The van der Waals surface area contributed by atoms with Crippen LogP contribution in [0.3, 0.4) is 0 Å². The fraction of sp³-hybridized carbons (Fsp3) is 0.625. The van der Waals surface area contributed by atoms with Crippen LogP contribution in [0.4, 0.5) is 0 Å². The monoisotopic (exact) mass is 170 g/mol. The van der Waals surface area contributed by atoms with Crippen LogP contribution < -0.4 is 11.3 Å². The van der Waals surface area contributed by atoms with E-state index < -0.39 is 0 Å². The largest absolute Gasteiger partial charge is 0.382 e. The van der Waals surface area contributed by atoms with Gasteiger partial charge in [0.25, 0.3) is 5.56 Å². The fourth-order valence-corrected chi connectivity index (χ4v) is 0.996. The summed E-state index contributed by atoms with van der Waals surface area (Å²) in [4.78, 5) is 10.7. The molecule has 0 aliphatic heterocycles. The Morgan fingerprint density at radius 1 is 1.75 bits per heavy atom. The molecule has 4 nitrogen and oxygen atoms in total. The third-order valence-electron chi connectivity index (χ3n) is 2.13. The van der Waals surface area contributed by atoms with Crippen molar-refractivity contribution in [2.24, 2.45) is 11.7 Å². The maximum absolute atomic E-state index is 10.7. The van der Waals surface area contributed by atoms with Crippen LogP contribution in [0.2, 0.25) is 0 Å². The van der Waals surface area contributed by atoms with E-state index >= 15 is 0 Å². The van der Waals surface area contributed by atoms with Crippen LogP contribution in [0.25, 0.3) is 0 Å². The molecule has 0 saturated carbocycles. The van der Waals surface area contributed by atoms with Crippen LogP contribution in [0.5, 0.6) is 0 Å². The van der Waals surface area contributed by atoms with Crippen molar-refractivity contribution in [3.63, 3.8) is 0 Å². The van der Waals surface area contributed by atoms with Gasteiger partial charge in [-0.2, -0.15) is 5.16 Å². The minimum Gasteiger partial charge on any atom is -0.382 e. The van der Waals surface area contributed by atoms with E-state index in [4.69, 9.17) is 10.3 Å². The summed E-state index contributed by atoms with van der Waals surface area (Å²) in [6.45, 7) is 4.08. The highest BCUT2D eigenvalue weighted by molar-refractivity contribution is 5.01. The SMILES string of the molecule is CCC(C)C(N)c1cc(=O)[nH]o1. The maximum Gasteiger partial charge on any atom is 0.280 e. The lowest BCUT2D eigenvalue weighted by atomic mass is 9.98. The van der Waals surface area contributed by atoms with Crippen LogP contribution in [-0.2, 0) is 0 Å². The molecule has 0 bridgehead atoms. The Labute approximate surface area is 70.7 Å². The fourth-order valence-electron chi connectivity index (χ4n) is 0.996. The van der Waals surface area contributed by atoms with Crippen molar-refractivity contribution in [3.05, 3.63) is 22.2 Å². The topological polar surface area (TPSA) is 72.0 Å². The van der Waals surface area contributed by atoms with E-state index in [0.29, 0.717) is 11.7 Å². The molecule has 68 valence electrons. The van der Waals surface area contributed by atoms with Gasteiger partial charge in [-0.05, 0) is 5.92 Å². The molecule has 2 atom stereocenters. The van der Waals surface area contributed by atoms with Crippen LogP contribution in [0, 0.1) is 5.92 Å². The number of aromatic nitrogens is 1. The Kier molecular flexibility index (Phi) is 2.70. The molecule has 1 aromatic heterocycles. The lowest BCUT2D eigenvalue weighted by molar-refractivity contribution is 0.318. The zero-order valence-corrected chi connectivity index (χ0v) is 7.33. The predicted octanol–water partition coefficient (Wildman–Crippen LogP) is 1.01. The maximum atomic E-state index is 10.7. The third kappa shape index (κ3) is 1.76. The van der Waals surface area contributed by atoms with Crippen LogP contribution in [0.15, 0.2) is 15.4 Å². The summed E-state index contributed by atoms with van der Waals surface area (Å²) in [5.74, 6) is 0.860. The quantitative estimate of drug-likeness (QED) is 0.711. The molecular weight excluding hydrogens is 156 g/mol. The van der Waals surface area contributed by atoms with Gasteiger partial charge in [0.2, 0.25) is 0 Å².